The van der Waals surface area contributed by atoms with Crippen LogP contribution in [-0.4, -0.2) is 88.4 Å². The Kier molecular flexibility index (Phi) is 6.00. The summed E-state index contributed by atoms with van der Waals surface area (Å²) in [6.45, 7) is 3.34. The Bertz CT molecular complexity index is 623. The van der Waals surface area contributed by atoms with Crippen molar-refractivity contribution >= 4 is 11.9 Å². The van der Waals surface area contributed by atoms with E-state index in [9.17, 15) is 14.7 Å². The number of nitrogens with zero attached hydrogens (tertiary/aromatic N) is 4. The van der Waals surface area contributed by atoms with Crippen LogP contribution in [0.4, 0.5) is 4.79 Å². The van der Waals surface area contributed by atoms with Crippen LogP contribution in [-0.2, 0) is 4.74 Å². The molecule has 0 aliphatic carbocycles. The highest BCUT2D eigenvalue weighted by Crippen LogP contribution is 2.22. The molecule has 9 nitrogen and oxygen atoms in total. The summed E-state index contributed by atoms with van der Waals surface area (Å²) in [6.07, 6.45) is 6.05. The van der Waals surface area contributed by atoms with Crippen molar-refractivity contribution < 1.29 is 19.4 Å². The monoisotopic (exact) mass is 363 g/mol. The smallest absolute Gasteiger partial charge is 0.317 e. The summed E-state index contributed by atoms with van der Waals surface area (Å²) in [5.74, 6) is -0.181. The number of carbonyl (C=O) groups is 2. The van der Waals surface area contributed by atoms with E-state index in [1.54, 1.807) is 9.80 Å². The second-order valence-corrected chi connectivity index (χ2v) is 6.72. The Hall–Kier alpha value is -2.26. The largest absolute Gasteiger partial charge is 0.388 e. The lowest BCUT2D eigenvalue weighted by Crippen LogP contribution is -2.51. The second-order valence-electron chi connectivity index (χ2n) is 6.72. The van der Waals surface area contributed by atoms with E-state index in [1.807, 2.05) is 0 Å². The van der Waals surface area contributed by atoms with Crippen LogP contribution >= 0.6 is 0 Å². The Labute approximate surface area is 152 Å². The van der Waals surface area contributed by atoms with Crippen molar-refractivity contribution in [3.63, 3.8) is 0 Å². The molecule has 26 heavy (non-hydrogen) atoms. The first kappa shape index (κ1) is 18.5. The molecule has 9 heteroatoms. The summed E-state index contributed by atoms with van der Waals surface area (Å²) in [5.41, 5.74) is -0.710. The van der Waals surface area contributed by atoms with E-state index in [0.717, 1.165) is 0 Å². The maximum Gasteiger partial charge on any atom is 0.317 e. The van der Waals surface area contributed by atoms with Crippen LogP contribution in [0.15, 0.2) is 18.6 Å². The molecule has 1 atom stereocenters. The number of aromatic nitrogens is 2. The third-order valence-electron chi connectivity index (χ3n) is 4.85. The predicted octanol–water partition coefficient (Wildman–Crippen LogP) is -0.124. The Morgan fingerprint density at radius 1 is 1.15 bits per heavy atom. The molecule has 1 aromatic rings. The molecular formula is C17H25N5O4. The molecule has 3 rings (SSSR count). The van der Waals surface area contributed by atoms with Crippen molar-refractivity contribution in [2.24, 2.45) is 0 Å². The van der Waals surface area contributed by atoms with Gasteiger partial charge in [0.1, 0.15) is 5.69 Å². The molecule has 0 radical (unpaired) electrons. The van der Waals surface area contributed by atoms with E-state index in [1.165, 1.54) is 18.6 Å². The fraction of sp³-hybridized carbons (Fsp3) is 0.647. The number of rotatable bonds is 3. The number of likely N-dealkylation sites (tertiary alicyclic amines) is 1. The number of aliphatic hydroxyl groups is 1. The van der Waals surface area contributed by atoms with Crippen LogP contribution in [0.3, 0.4) is 0 Å². The van der Waals surface area contributed by atoms with Crippen LogP contribution in [0.5, 0.6) is 0 Å². The Morgan fingerprint density at radius 3 is 2.69 bits per heavy atom. The molecule has 2 N–H and O–H groups in total. The lowest BCUT2D eigenvalue weighted by atomic mass is 9.95. The summed E-state index contributed by atoms with van der Waals surface area (Å²) in [6, 6.07) is -0.182. The van der Waals surface area contributed by atoms with E-state index in [0.29, 0.717) is 64.3 Å². The van der Waals surface area contributed by atoms with Gasteiger partial charge in [-0.3, -0.25) is 9.78 Å². The number of ether oxygens (including phenoxy) is 1. The molecule has 3 heterocycles. The zero-order valence-electron chi connectivity index (χ0n) is 14.8. The van der Waals surface area contributed by atoms with Gasteiger partial charge in [0.2, 0.25) is 0 Å². The minimum atomic E-state index is -1.01. The summed E-state index contributed by atoms with van der Waals surface area (Å²) in [4.78, 5) is 36.0. The number of hydrogen-bond donors (Lipinski definition) is 2. The summed E-state index contributed by atoms with van der Waals surface area (Å²) >= 11 is 0. The molecule has 0 saturated carbocycles. The van der Waals surface area contributed by atoms with Gasteiger partial charge in [0.15, 0.2) is 0 Å². The standard InChI is InChI=1S/C17H25N5O4/c23-15(14-12-18-4-5-19-14)21-6-1-2-17(25,3-7-21)13-20-16(24)22-8-10-26-11-9-22/h4-5,12,25H,1-3,6-11,13H2,(H,20,24). The number of nitrogens with one attached hydrogen (secondary N) is 1. The molecule has 0 aromatic carbocycles. The molecule has 1 unspecified atom stereocenters. The highest BCUT2D eigenvalue weighted by atomic mass is 16.5. The van der Waals surface area contributed by atoms with Gasteiger partial charge in [-0.25, -0.2) is 9.78 Å². The maximum absolute atomic E-state index is 12.5. The van der Waals surface area contributed by atoms with Crippen molar-refractivity contribution in [1.82, 2.24) is 25.1 Å². The van der Waals surface area contributed by atoms with Crippen molar-refractivity contribution in [3.8, 4) is 0 Å². The third kappa shape index (κ3) is 4.67. The molecule has 142 valence electrons. The van der Waals surface area contributed by atoms with Crippen LogP contribution in [0.2, 0.25) is 0 Å². The zero-order valence-corrected chi connectivity index (χ0v) is 14.8. The molecule has 3 amide bonds. The highest BCUT2D eigenvalue weighted by molar-refractivity contribution is 5.91. The van der Waals surface area contributed by atoms with E-state index < -0.39 is 5.60 Å². The van der Waals surface area contributed by atoms with Crippen molar-refractivity contribution in [1.29, 1.82) is 0 Å². The minimum absolute atomic E-state index is 0.177. The number of amides is 3. The first-order valence-corrected chi connectivity index (χ1v) is 8.96. The number of carbonyl (C=O) groups excluding carboxylic acids is 2. The van der Waals surface area contributed by atoms with E-state index in [2.05, 4.69) is 15.3 Å². The van der Waals surface area contributed by atoms with Crippen LogP contribution in [0.25, 0.3) is 0 Å². The predicted molar refractivity (Wildman–Crippen MR) is 92.5 cm³/mol. The van der Waals surface area contributed by atoms with Crippen molar-refractivity contribution in [2.75, 3.05) is 45.9 Å². The summed E-state index contributed by atoms with van der Waals surface area (Å²) in [7, 11) is 0. The van der Waals surface area contributed by atoms with Gasteiger partial charge in [0, 0.05) is 45.1 Å². The van der Waals surface area contributed by atoms with Crippen molar-refractivity contribution in [2.45, 2.75) is 24.9 Å². The number of morpholine rings is 1. The SMILES string of the molecule is O=C(NCC1(O)CCCN(C(=O)c2cnccn2)CC1)N1CCOCC1. The fourth-order valence-electron chi connectivity index (χ4n) is 3.25. The topological polar surface area (TPSA) is 108 Å². The second kappa shape index (κ2) is 8.41. The Balaban J connectivity index is 1.52. The molecule has 2 fully saturated rings. The van der Waals surface area contributed by atoms with E-state index >= 15 is 0 Å². The summed E-state index contributed by atoms with van der Waals surface area (Å²) < 4.78 is 5.23. The molecule has 0 spiro atoms. The fourth-order valence-corrected chi connectivity index (χ4v) is 3.25. The van der Waals surface area contributed by atoms with E-state index in [-0.39, 0.29) is 18.5 Å². The van der Waals surface area contributed by atoms with Gasteiger partial charge in [-0.05, 0) is 19.3 Å². The lowest BCUT2D eigenvalue weighted by Gasteiger charge is -2.31. The van der Waals surface area contributed by atoms with Gasteiger partial charge in [-0.1, -0.05) is 0 Å². The molecule has 1 aromatic heterocycles. The van der Waals surface area contributed by atoms with Crippen LogP contribution < -0.4 is 5.32 Å². The molecule has 0 bridgehead atoms. The maximum atomic E-state index is 12.5. The van der Waals surface area contributed by atoms with Gasteiger partial charge in [0.25, 0.3) is 5.91 Å². The van der Waals surface area contributed by atoms with Crippen LogP contribution in [0, 0.1) is 0 Å². The zero-order chi connectivity index (χ0) is 18.4. The molecule has 2 aliphatic rings. The lowest BCUT2D eigenvalue weighted by molar-refractivity contribution is 0.0227. The quantitative estimate of drug-likeness (QED) is 0.775. The molecule has 2 saturated heterocycles. The van der Waals surface area contributed by atoms with E-state index in [4.69, 9.17) is 4.74 Å². The van der Waals surface area contributed by atoms with Gasteiger partial charge in [-0.2, -0.15) is 0 Å². The average molecular weight is 363 g/mol. The first-order valence-electron chi connectivity index (χ1n) is 8.96. The Morgan fingerprint density at radius 2 is 1.96 bits per heavy atom. The number of hydrogen-bond acceptors (Lipinski definition) is 6. The molecule has 2 aliphatic heterocycles. The minimum Gasteiger partial charge on any atom is -0.388 e. The number of urea groups is 1. The highest BCUT2D eigenvalue weighted by Gasteiger charge is 2.33. The van der Waals surface area contributed by atoms with Gasteiger partial charge < -0.3 is 25.0 Å². The normalized spacial score (nSPS) is 24.0. The van der Waals surface area contributed by atoms with Gasteiger partial charge >= 0.3 is 6.03 Å². The van der Waals surface area contributed by atoms with Crippen molar-refractivity contribution in [3.05, 3.63) is 24.3 Å². The average Bonchev–Trinajstić information content (AvgIpc) is 2.89. The van der Waals surface area contributed by atoms with Crippen LogP contribution in [0.1, 0.15) is 29.8 Å². The van der Waals surface area contributed by atoms with Gasteiger partial charge in [-0.15, -0.1) is 0 Å². The first-order chi connectivity index (χ1) is 12.6. The molecular weight excluding hydrogens is 338 g/mol. The third-order valence-corrected chi connectivity index (χ3v) is 4.85. The summed E-state index contributed by atoms with van der Waals surface area (Å²) in [5, 5.41) is 13.7. The van der Waals surface area contributed by atoms with Gasteiger partial charge in [0.05, 0.1) is 25.0 Å².